The summed E-state index contributed by atoms with van der Waals surface area (Å²) >= 11 is 1.87. The van der Waals surface area contributed by atoms with Crippen molar-refractivity contribution in [2.45, 2.75) is 33.1 Å². The molecule has 1 aliphatic rings. The Morgan fingerprint density at radius 1 is 1.33 bits per heavy atom. The molecule has 0 fully saturated rings. The lowest BCUT2D eigenvalue weighted by Crippen LogP contribution is -2.21. The molecular weight excluding hydrogens is 166 g/mol. The maximum Gasteiger partial charge on any atom is 0.0780 e. The number of fused-ring (bicyclic) bond motifs is 1. The third kappa shape index (κ3) is 0.876. The van der Waals surface area contributed by atoms with Crippen LogP contribution in [0.4, 0.5) is 5.69 Å². The van der Waals surface area contributed by atoms with E-state index < -0.39 is 0 Å². The van der Waals surface area contributed by atoms with Crippen LogP contribution in [0.3, 0.4) is 0 Å². The molecule has 0 unspecified atom stereocenters. The van der Waals surface area contributed by atoms with Crippen LogP contribution in [0.15, 0.2) is 11.1 Å². The molecule has 64 valence electrons. The molecule has 1 aromatic rings. The van der Waals surface area contributed by atoms with Gasteiger partial charge in [-0.05, 0) is 33.8 Å². The minimum absolute atomic E-state index is 0.175. The van der Waals surface area contributed by atoms with Gasteiger partial charge >= 0.3 is 0 Å². The Labute approximate surface area is 77.2 Å². The van der Waals surface area contributed by atoms with Gasteiger partial charge < -0.3 is 0 Å². The van der Waals surface area contributed by atoms with Crippen LogP contribution in [0.2, 0.25) is 0 Å². The van der Waals surface area contributed by atoms with Crippen molar-refractivity contribution in [3.05, 3.63) is 15.8 Å². The van der Waals surface area contributed by atoms with E-state index in [0.717, 1.165) is 0 Å². The van der Waals surface area contributed by atoms with Crippen molar-refractivity contribution >= 4 is 22.7 Å². The van der Waals surface area contributed by atoms with Gasteiger partial charge in [0.25, 0.3) is 0 Å². The lowest BCUT2D eigenvalue weighted by atomic mass is 9.88. The van der Waals surface area contributed by atoms with E-state index in [4.69, 9.17) is 0 Å². The number of aryl methyl sites for hydroxylation is 1. The quantitative estimate of drug-likeness (QED) is 0.578. The highest BCUT2D eigenvalue weighted by Gasteiger charge is 2.33. The zero-order valence-electron chi connectivity index (χ0n) is 7.93. The number of hydrogen-bond acceptors (Lipinski definition) is 2. The third-order valence-corrected chi connectivity index (χ3v) is 3.96. The van der Waals surface area contributed by atoms with Crippen LogP contribution in [0.1, 0.15) is 30.5 Å². The van der Waals surface area contributed by atoms with Gasteiger partial charge in [0.2, 0.25) is 0 Å². The van der Waals surface area contributed by atoms with Crippen molar-refractivity contribution in [1.29, 1.82) is 0 Å². The van der Waals surface area contributed by atoms with Crippen LogP contribution >= 0.6 is 11.3 Å². The maximum absolute atomic E-state index is 4.55. The standard InChI is InChI=1S/C10H13NS/c1-6-5-8-9(12-6)10(3,4)7(2)11-8/h5H,1-4H3. The van der Waals surface area contributed by atoms with Crippen molar-refractivity contribution < 1.29 is 0 Å². The smallest absolute Gasteiger partial charge is 0.0780 e. The molecule has 0 saturated heterocycles. The Bertz CT molecular complexity index is 358. The fourth-order valence-corrected chi connectivity index (χ4v) is 2.62. The minimum atomic E-state index is 0.175. The first-order valence-electron chi connectivity index (χ1n) is 4.18. The number of thiophene rings is 1. The molecule has 2 heteroatoms. The zero-order valence-corrected chi connectivity index (χ0v) is 8.75. The van der Waals surface area contributed by atoms with Crippen LogP contribution in [-0.2, 0) is 5.41 Å². The van der Waals surface area contributed by atoms with Gasteiger partial charge in [-0.15, -0.1) is 11.3 Å². The minimum Gasteiger partial charge on any atom is -0.256 e. The second kappa shape index (κ2) is 2.19. The predicted molar refractivity (Wildman–Crippen MR) is 54.9 cm³/mol. The summed E-state index contributed by atoms with van der Waals surface area (Å²) in [6.45, 7) is 8.74. The first-order chi connectivity index (χ1) is 5.51. The molecule has 0 bridgehead atoms. The van der Waals surface area contributed by atoms with Crippen molar-refractivity contribution in [1.82, 2.24) is 0 Å². The summed E-state index contributed by atoms with van der Waals surface area (Å²) in [6, 6.07) is 2.18. The summed E-state index contributed by atoms with van der Waals surface area (Å²) in [6.07, 6.45) is 0. The third-order valence-electron chi connectivity index (χ3n) is 2.60. The van der Waals surface area contributed by atoms with Gasteiger partial charge in [0, 0.05) is 20.9 Å². The van der Waals surface area contributed by atoms with Crippen molar-refractivity contribution in [2.75, 3.05) is 0 Å². The predicted octanol–water partition coefficient (Wildman–Crippen LogP) is 3.44. The summed E-state index contributed by atoms with van der Waals surface area (Å²) in [5, 5.41) is 0. The van der Waals surface area contributed by atoms with E-state index in [9.17, 15) is 0 Å². The van der Waals surface area contributed by atoms with Crippen molar-refractivity contribution in [2.24, 2.45) is 4.99 Å². The lowest BCUT2D eigenvalue weighted by Gasteiger charge is -2.17. The molecular formula is C10H13NS. The van der Waals surface area contributed by atoms with Gasteiger partial charge in [0.15, 0.2) is 0 Å². The molecule has 0 radical (unpaired) electrons. The Hall–Kier alpha value is -0.630. The van der Waals surface area contributed by atoms with Crippen LogP contribution in [-0.4, -0.2) is 5.71 Å². The molecule has 0 spiro atoms. The average molecular weight is 179 g/mol. The average Bonchev–Trinajstić information content (AvgIpc) is 2.38. The first kappa shape index (κ1) is 7.99. The topological polar surface area (TPSA) is 12.4 Å². The van der Waals surface area contributed by atoms with Crippen molar-refractivity contribution in [3.8, 4) is 0 Å². The molecule has 12 heavy (non-hydrogen) atoms. The van der Waals surface area contributed by atoms with Crippen LogP contribution in [0.5, 0.6) is 0 Å². The van der Waals surface area contributed by atoms with Gasteiger partial charge in [-0.3, -0.25) is 4.99 Å². The molecule has 0 atom stereocenters. The van der Waals surface area contributed by atoms with Crippen LogP contribution < -0.4 is 0 Å². The Morgan fingerprint density at radius 3 is 2.58 bits per heavy atom. The van der Waals surface area contributed by atoms with Gasteiger partial charge in [-0.25, -0.2) is 0 Å². The second-order valence-electron chi connectivity index (χ2n) is 3.89. The van der Waals surface area contributed by atoms with Crippen molar-refractivity contribution in [3.63, 3.8) is 0 Å². The molecule has 0 saturated carbocycles. The number of hydrogen-bond donors (Lipinski definition) is 0. The number of rotatable bonds is 0. The second-order valence-corrected chi connectivity index (χ2v) is 5.15. The SMILES string of the molecule is CC1=Nc2cc(C)sc2C1(C)C. The molecule has 1 aliphatic heterocycles. The molecule has 2 rings (SSSR count). The lowest BCUT2D eigenvalue weighted by molar-refractivity contribution is 0.749. The molecule has 0 aromatic carbocycles. The van der Waals surface area contributed by atoms with Crippen LogP contribution in [0.25, 0.3) is 0 Å². The van der Waals surface area contributed by atoms with E-state index in [1.165, 1.54) is 21.2 Å². The Balaban J connectivity index is 2.64. The zero-order chi connectivity index (χ0) is 8.93. The van der Waals surface area contributed by atoms with E-state index in [1.807, 2.05) is 11.3 Å². The highest BCUT2D eigenvalue weighted by Crippen LogP contribution is 2.44. The summed E-state index contributed by atoms with van der Waals surface area (Å²) in [5.74, 6) is 0. The summed E-state index contributed by atoms with van der Waals surface area (Å²) in [4.78, 5) is 7.35. The fraction of sp³-hybridized carbons (Fsp3) is 0.500. The largest absolute Gasteiger partial charge is 0.256 e. The van der Waals surface area contributed by atoms with E-state index in [0.29, 0.717) is 0 Å². The Morgan fingerprint density at radius 2 is 2.00 bits per heavy atom. The van der Waals surface area contributed by atoms with E-state index >= 15 is 0 Å². The normalized spacial score (nSPS) is 19.2. The molecule has 0 amide bonds. The monoisotopic (exact) mass is 179 g/mol. The molecule has 0 aliphatic carbocycles. The number of nitrogens with zero attached hydrogens (tertiary/aromatic N) is 1. The van der Waals surface area contributed by atoms with Gasteiger partial charge in [0.1, 0.15) is 0 Å². The summed E-state index contributed by atoms with van der Waals surface area (Å²) in [7, 11) is 0. The molecule has 1 aromatic heterocycles. The first-order valence-corrected chi connectivity index (χ1v) is 5.00. The fourth-order valence-electron chi connectivity index (χ4n) is 1.52. The van der Waals surface area contributed by atoms with Crippen LogP contribution in [0, 0.1) is 6.92 Å². The maximum atomic E-state index is 4.55. The van der Waals surface area contributed by atoms with E-state index in [2.05, 4.69) is 38.8 Å². The molecule has 0 N–H and O–H groups in total. The van der Waals surface area contributed by atoms with Gasteiger partial charge in [-0.2, -0.15) is 0 Å². The van der Waals surface area contributed by atoms with E-state index in [1.54, 1.807) is 0 Å². The van der Waals surface area contributed by atoms with Gasteiger partial charge in [0.05, 0.1) is 5.69 Å². The highest BCUT2D eigenvalue weighted by molar-refractivity contribution is 7.12. The van der Waals surface area contributed by atoms with E-state index in [-0.39, 0.29) is 5.41 Å². The highest BCUT2D eigenvalue weighted by atomic mass is 32.1. The number of aliphatic imine (C=N–C) groups is 1. The van der Waals surface area contributed by atoms with Gasteiger partial charge in [-0.1, -0.05) is 0 Å². The summed E-state index contributed by atoms with van der Waals surface area (Å²) in [5.41, 5.74) is 2.61. The Kier molecular flexibility index (Phi) is 1.46. The molecule has 2 heterocycles. The molecule has 1 nitrogen and oxygen atoms in total. The summed E-state index contributed by atoms with van der Waals surface area (Å²) < 4.78 is 0.